The molecule has 3 aromatic rings. The van der Waals surface area contributed by atoms with Gasteiger partial charge in [-0.2, -0.15) is 0 Å². The van der Waals surface area contributed by atoms with E-state index in [4.69, 9.17) is 25.2 Å². The minimum absolute atomic E-state index is 0.396. The van der Waals surface area contributed by atoms with E-state index >= 15 is 0 Å². The first-order valence-corrected chi connectivity index (χ1v) is 8.01. The van der Waals surface area contributed by atoms with Crippen LogP contribution in [0.3, 0.4) is 0 Å². The summed E-state index contributed by atoms with van der Waals surface area (Å²) in [5.74, 6) is 2.31. The lowest BCUT2D eigenvalue weighted by molar-refractivity contribution is 0.244. The molecule has 0 bridgehead atoms. The smallest absolute Gasteiger partial charge is 0.283 e. The SMILES string of the molecule is CN(CCCOc1cccc(Cl)c1)Cc1nnc(-c2ccco2)o1. The van der Waals surface area contributed by atoms with Crippen molar-refractivity contribution in [2.75, 3.05) is 20.2 Å². The Bertz CT molecular complexity index is 758. The first-order valence-electron chi connectivity index (χ1n) is 7.64. The van der Waals surface area contributed by atoms with Gasteiger partial charge < -0.3 is 13.6 Å². The van der Waals surface area contributed by atoms with Crippen LogP contribution in [0.25, 0.3) is 11.7 Å². The Hall–Kier alpha value is -2.31. The van der Waals surface area contributed by atoms with Crippen LogP contribution in [-0.2, 0) is 6.54 Å². The average Bonchev–Trinajstić information content (AvgIpc) is 3.23. The van der Waals surface area contributed by atoms with Crippen LogP contribution in [0.5, 0.6) is 5.75 Å². The number of benzene rings is 1. The van der Waals surface area contributed by atoms with Gasteiger partial charge >= 0.3 is 0 Å². The van der Waals surface area contributed by atoms with Crippen molar-refractivity contribution in [3.63, 3.8) is 0 Å². The Labute approximate surface area is 145 Å². The lowest BCUT2D eigenvalue weighted by Gasteiger charge is -2.14. The molecule has 0 aliphatic heterocycles. The van der Waals surface area contributed by atoms with E-state index in [-0.39, 0.29) is 0 Å². The van der Waals surface area contributed by atoms with Gasteiger partial charge in [0.1, 0.15) is 5.75 Å². The number of nitrogens with zero attached hydrogens (tertiary/aromatic N) is 3. The van der Waals surface area contributed by atoms with Crippen molar-refractivity contribution < 1.29 is 13.6 Å². The van der Waals surface area contributed by atoms with Gasteiger partial charge in [-0.3, -0.25) is 4.90 Å². The summed E-state index contributed by atoms with van der Waals surface area (Å²) in [5, 5.41) is 8.69. The molecule has 0 saturated carbocycles. The van der Waals surface area contributed by atoms with E-state index in [1.54, 1.807) is 24.5 Å². The fourth-order valence-corrected chi connectivity index (χ4v) is 2.39. The standard InChI is InChI=1S/C17H18ClN3O3/c1-21(8-4-10-22-14-6-2-5-13(18)11-14)12-16-19-20-17(24-16)15-7-3-9-23-15/h2-3,5-7,9,11H,4,8,10,12H2,1H3. The second-order valence-corrected chi connectivity index (χ2v) is 5.81. The first-order chi connectivity index (χ1) is 11.7. The maximum atomic E-state index is 5.92. The van der Waals surface area contributed by atoms with Crippen molar-refractivity contribution in [1.82, 2.24) is 15.1 Å². The number of ether oxygens (including phenoxy) is 1. The van der Waals surface area contributed by atoms with Crippen molar-refractivity contribution in [3.8, 4) is 17.4 Å². The average molecular weight is 348 g/mol. The summed E-state index contributed by atoms with van der Waals surface area (Å²) in [6, 6.07) is 11.0. The number of hydrogen-bond acceptors (Lipinski definition) is 6. The summed E-state index contributed by atoms with van der Waals surface area (Å²) in [6.45, 7) is 2.04. The monoisotopic (exact) mass is 347 g/mol. The number of furan rings is 1. The second kappa shape index (κ2) is 7.99. The van der Waals surface area contributed by atoms with E-state index in [1.165, 1.54) is 0 Å². The molecule has 0 amide bonds. The lowest BCUT2D eigenvalue weighted by atomic mass is 10.3. The summed E-state index contributed by atoms with van der Waals surface area (Å²) in [7, 11) is 2.00. The molecule has 0 aliphatic rings. The van der Waals surface area contributed by atoms with Crippen LogP contribution in [0.1, 0.15) is 12.3 Å². The van der Waals surface area contributed by atoms with Crippen LogP contribution >= 0.6 is 11.6 Å². The van der Waals surface area contributed by atoms with E-state index in [2.05, 4.69) is 15.1 Å². The van der Waals surface area contributed by atoms with Crippen LogP contribution in [-0.4, -0.2) is 35.3 Å². The van der Waals surface area contributed by atoms with E-state index in [1.807, 2.05) is 25.2 Å². The van der Waals surface area contributed by atoms with Gasteiger partial charge in [0.25, 0.3) is 5.89 Å². The highest BCUT2D eigenvalue weighted by molar-refractivity contribution is 6.30. The molecule has 0 atom stereocenters. The zero-order valence-electron chi connectivity index (χ0n) is 13.3. The molecule has 24 heavy (non-hydrogen) atoms. The largest absolute Gasteiger partial charge is 0.493 e. The predicted molar refractivity (Wildman–Crippen MR) is 89.9 cm³/mol. The topological polar surface area (TPSA) is 64.5 Å². The molecule has 6 nitrogen and oxygen atoms in total. The van der Waals surface area contributed by atoms with Crippen molar-refractivity contribution in [2.45, 2.75) is 13.0 Å². The molecule has 0 radical (unpaired) electrons. The summed E-state index contributed by atoms with van der Waals surface area (Å²) in [6.07, 6.45) is 2.45. The minimum Gasteiger partial charge on any atom is -0.493 e. The molecule has 2 aromatic heterocycles. The summed E-state index contributed by atoms with van der Waals surface area (Å²) in [4.78, 5) is 2.10. The molecule has 3 rings (SSSR count). The van der Waals surface area contributed by atoms with E-state index in [9.17, 15) is 0 Å². The normalized spacial score (nSPS) is 11.1. The number of rotatable bonds is 8. The Morgan fingerprint density at radius 1 is 1.21 bits per heavy atom. The molecule has 0 N–H and O–H groups in total. The molecule has 0 spiro atoms. The molecule has 7 heteroatoms. The van der Waals surface area contributed by atoms with Crippen LogP contribution in [0, 0.1) is 0 Å². The van der Waals surface area contributed by atoms with Gasteiger partial charge in [0.2, 0.25) is 5.89 Å². The molecule has 126 valence electrons. The van der Waals surface area contributed by atoms with Gasteiger partial charge in [-0.1, -0.05) is 17.7 Å². The van der Waals surface area contributed by atoms with Gasteiger partial charge in [0, 0.05) is 11.6 Å². The fraction of sp³-hybridized carbons (Fsp3) is 0.294. The molecule has 0 aliphatic carbocycles. The van der Waals surface area contributed by atoms with Crippen molar-refractivity contribution >= 4 is 11.6 Å². The van der Waals surface area contributed by atoms with Gasteiger partial charge in [-0.05, 0) is 43.8 Å². The number of aromatic nitrogens is 2. The molecule has 2 heterocycles. The fourth-order valence-electron chi connectivity index (χ4n) is 2.21. The molecular formula is C17H18ClN3O3. The predicted octanol–water partition coefficient (Wildman–Crippen LogP) is 3.88. The Morgan fingerprint density at radius 2 is 2.12 bits per heavy atom. The zero-order valence-corrected chi connectivity index (χ0v) is 14.1. The van der Waals surface area contributed by atoms with E-state index in [0.29, 0.717) is 35.7 Å². The van der Waals surface area contributed by atoms with Crippen molar-refractivity contribution in [3.05, 3.63) is 53.6 Å². The first kappa shape index (κ1) is 16.5. The minimum atomic E-state index is 0.396. The highest BCUT2D eigenvalue weighted by atomic mass is 35.5. The summed E-state index contributed by atoms with van der Waals surface area (Å²) in [5.41, 5.74) is 0. The number of halogens is 1. The van der Waals surface area contributed by atoms with E-state index in [0.717, 1.165) is 18.7 Å². The van der Waals surface area contributed by atoms with Crippen LogP contribution in [0.4, 0.5) is 0 Å². The third kappa shape index (κ3) is 4.59. The maximum absolute atomic E-state index is 5.92. The van der Waals surface area contributed by atoms with Gasteiger partial charge in [0.15, 0.2) is 5.76 Å². The van der Waals surface area contributed by atoms with Gasteiger partial charge in [0.05, 0.1) is 19.4 Å². The quantitative estimate of drug-likeness (QED) is 0.576. The Morgan fingerprint density at radius 3 is 2.92 bits per heavy atom. The molecule has 0 saturated heterocycles. The highest BCUT2D eigenvalue weighted by Gasteiger charge is 2.12. The second-order valence-electron chi connectivity index (χ2n) is 5.38. The van der Waals surface area contributed by atoms with Crippen molar-refractivity contribution in [1.29, 1.82) is 0 Å². The molecule has 0 fully saturated rings. The van der Waals surface area contributed by atoms with E-state index < -0.39 is 0 Å². The molecule has 1 aromatic carbocycles. The summed E-state index contributed by atoms with van der Waals surface area (Å²) >= 11 is 5.92. The molecule has 0 unspecified atom stereocenters. The summed E-state index contributed by atoms with van der Waals surface area (Å²) < 4.78 is 16.5. The van der Waals surface area contributed by atoms with Gasteiger partial charge in [-0.25, -0.2) is 0 Å². The Balaban J connectivity index is 1.40. The van der Waals surface area contributed by atoms with Gasteiger partial charge in [-0.15, -0.1) is 10.2 Å². The highest BCUT2D eigenvalue weighted by Crippen LogP contribution is 2.19. The lowest BCUT2D eigenvalue weighted by Crippen LogP contribution is -2.21. The molecular weight excluding hydrogens is 330 g/mol. The van der Waals surface area contributed by atoms with Crippen LogP contribution in [0.2, 0.25) is 5.02 Å². The third-order valence-electron chi connectivity index (χ3n) is 3.35. The maximum Gasteiger partial charge on any atom is 0.283 e. The zero-order chi connectivity index (χ0) is 16.8. The number of hydrogen-bond donors (Lipinski definition) is 0. The Kier molecular flexibility index (Phi) is 5.51. The van der Waals surface area contributed by atoms with Crippen molar-refractivity contribution in [2.24, 2.45) is 0 Å². The van der Waals surface area contributed by atoms with Crippen LogP contribution in [0.15, 0.2) is 51.5 Å². The van der Waals surface area contributed by atoms with Crippen LogP contribution < -0.4 is 4.74 Å². The third-order valence-corrected chi connectivity index (χ3v) is 3.59.